The molecule has 80 valence electrons. The number of hydrogen-bond acceptors (Lipinski definition) is 1. The number of hydrogen-bond donors (Lipinski definition) is 0. The maximum atomic E-state index is 5.79. The van der Waals surface area contributed by atoms with Gasteiger partial charge >= 0.3 is 0 Å². The van der Waals surface area contributed by atoms with Crippen LogP contribution >= 0.6 is 24.0 Å². The van der Waals surface area contributed by atoms with E-state index in [-0.39, 0.29) is 12.4 Å². The number of halogens is 2. The highest BCUT2D eigenvalue weighted by Gasteiger charge is 2.33. The summed E-state index contributed by atoms with van der Waals surface area (Å²) in [4.78, 5) is 2.55. The van der Waals surface area contributed by atoms with Gasteiger partial charge in [-0.3, -0.25) is 4.90 Å². The molecule has 13 heavy (non-hydrogen) atoms. The molecule has 1 atom stereocenters. The molecule has 1 aliphatic rings. The second kappa shape index (κ2) is 5.43. The molecule has 1 fully saturated rings. The van der Waals surface area contributed by atoms with Crippen LogP contribution in [0.2, 0.25) is 0 Å². The Hall–Kier alpha value is 0.540. The molecule has 0 spiro atoms. The molecule has 0 aromatic carbocycles. The van der Waals surface area contributed by atoms with Crippen molar-refractivity contribution < 1.29 is 0 Å². The Balaban J connectivity index is 0.00000144. The van der Waals surface area contributed by atoms with Crippen molar-refractivity contribution in [3.8, 4) is 0 Å². The van der Waals surface area contributed by atoms with Crippen LogP contribution in [0.15, 0.2) is 0 Å². The van der Waals surface area contributed by atoms with Crippen LogP contribution in [0.1, 0.15) is 40.0 Å². The van der Waals surface area contributed by atoms with E-state index in [2.05, 4.69) is 25.7 Å². The fourth-order valence-electron chi connectivity index (χ4n) is 2.34. The van der Waals surface area contributed by atoms with Crippen LogP contribution in [0.5, 0.6) is 0 Å². The van der Waals surface area contributed by atoms with Crippen LogP contribution in [0.4, 0.5) is 0 Å². The van der Waals surface area contributed by atoms with Gasteiger partial charge in [-0.15, -0.1) is 24.0 Å². The largest absolute Gasteiger partial charge is 0.294 e. The number of alkyl halides is 1. The number of nitrogens with zero attached hydrogens (tertiary/aromatic N) is 1. The van der Waals surface area contributed by atoms with Gasteiger partial charge < -0.3 is 0 Å². The zero-order chi connectivity index (χ0) is 9.19. The van der Waals surface area contributed by atoms with E-state index >= 15 is 0 Å². The molecule has 0 aromatic rings. The summed E-state index contributed by atoms with van der Waals surface area (Å²) >= 11 is 5.79. The first-order valence-corrected chi connectivity index (χ1v) is 5.44. The van der Waals surface area contributed by atoms with E-state index < -0.39 is 0 Å². The van der Waals surface area contributed by atoms with Crippen molar-refractivity contribution in [2.75, 3.05) is 12.4 Å². The summed E-state index contributed by atoms with van der Waals surface area (Å²) in [6.07, 6.45) is 4.02. The van der Waals surface area contributed by atoms with E-state index in [1.807, 2.05) is 0 Å². The van der Waals surface area contributed by atoms with Gasteiger partial charge in [-0.25, -0.2) is 0 Å². The van der Waals surface area contributed by atoms with E-state index in [0.717, 1.165) is 12.4 Å². The van der Waals surface area contributed by atoms with Crippen LogP contribution in [0, 0.1) is 0 Å². The first-order chi connectivity index (χ1) is 5.58. The molecule has 1 aliphatic heterocycles. The minimum Gasteiger partial charge on any atom is -0.294 e. The Morgan fingerprint density at radius 3 is 2.54 bits per heavy atom. The first kappa shape index (κ1) is 13.5. The zero-order valence-corrected chi connectivity index (χ0v) is 10.4. The maximum absolute atomic E-state index is 5.79. The minimum atomic E-state index is 0. The van der Waals surface area contributed by atoms with E-state index in [1.165, 1.54) is 19.3 Å². The lowest BCUT2D eigenvalue weighted by Crippen LogP contribution is -2.52. The van der Waals surface area contributed by atoms with Crippen LogP contribution in [0.3, 0.4) is 0 Å². The van der Waals surface area contributed by atoms with Gasteiger partial charge in [-0.2, -0.15) is 0 Å². The summed E-state index contributed by atoms with van der Waals surface area (Å²) in [7, 11) is 0. The molecular weight excluding hydrogens is 205 g/mol. The first-order valence-electron chi connectivity index (χ1n) is 4.90. The summed E-state index contributed by atoms with van der Waals surface area (Å²) in [6.45, 7) is 8.01. The van der Waals surface area contributed by atoms with E-state index in [0.29, 0.717) is 11.6 Å². The molecule has 3 heteroatoms. The van der Waals surface area contributed by atoms with Crippen molar-refractivity contribution >= 4 is 24.0 Å². The highest BCUT2D eigenvalue weighted by Crippen LogP contribution is 2.30. The second-order valence-corrected chi connectivity index (χ2v) is 4.81. The fourth-order valence-corrected chi connectivity index (χ4v) is 2.52. The third kappa shape index (κ3) is 3.30. The third-order valence-corrected chi connectivity index (χ3v) is 3.21. The Kier molecular flexibility index (Phi) is 5.65. The Bertz CT molecular complexity index is 148. The predicted molar refractivity (Wildman–Crippen MR) is 62.1 cm³/mol. The molecule has 1 nitrogen and oxygen atoms in total. The minimum absolute atomic E-state index is 0. The van der Waals surface area contributed by atoms with Gasteiger partial charge in [-0.05, 0) is 33.6 Å². The number of piperidine rings is 1. The van der Waals surface area contributed by atoms with Crippen molar-refractivity contribution in [2.24, 2.45) is 0 Å². The summed E-state index contributed by atoms with van der Waals surface area (Å²) in [6, 6.07) is 0.715. The van der Waals surface area contributed by atoms with Crippen LogP contribution in [-0.4, -0.2) is 28.9 Å². The van der Waals surface area contributed by atoms with Gasteiger partial charge in [0, 0.05) is 24.0 Å². The van der Waals surface area contributed by atoms with E-state index in [4.69, 9.17) is 11.6 Å². The van der Waals surface area contributed by atoms with Gasteiger partial charge in [-0.1, -0.05) is 6.42 Å². The molecule has 0 aliphatic carbocycles. The number of likely N-dealkylation sites (tertiary alicyclic amines) is 1. The van der Waals surface area contributed by atoms with Crippen molar-refractivity contribution in [3.63, 3.8) is 0 Å². The van der Waals surface area contributed by atoms with Gasteiger partial charge in [0.25, 0.3) is 0 Å². The Morgan fingerprint density at radius 1 is 1.46 bits per heavy atom. The van der Waals surface area contributed by atoms with Gasteiger partial charge in [0.1, 0.15) is 0 Å². The quantitative estimate of drug-likeness (QED) is 0.653. The van der Waals surface area contributed by atoms with Crippen LogP contribution in [0.25, 0.3) is 0 Å². The van der Waals surface area contributed by atoms with E-state index in [1.54, 1.807) is 0 Å². The lowest BCUT2D eigenvalue weighted by atomic mass is 9.87. The van der Waals surface area contributed by atoms with Crippen molar-refractivity contribution in [3.05, 3.63) is 0 Å². The molecule has 1 heterocycles. The molecular formula is C10H21Cl2N. The molecule has 0 bridgehead atoms. The van der Waals surface area contributed by atoms with Crippen molar-refractivity contribution in [1.29, 1.82) is 0 Å². The lowest BCUT2D eigenvalue weighted by molar-refractivity contribution is 0.0381. The summed E-state index contributed by atoms with van der Waals surface area (Å²) in [5.41, 5.74) is 0.368. The molecule has 0 aromatic heterocycles. The summed E-state index contributed by atoms with van der Waals surface area (Å²) < 4.78 is 0. The van der Waals surface area contributed by atoms with Gasteiger partial charge in [0.05, 0.1) is 0 Å². The Morgan fingerprint density at radius 2 is 2.08 bits per heavy atom. The molecule has 1 rings (SSSR count). The van der Waals surface area contributed by atoms with Gasteiger partial charge in [0.15, 0.2) is 0 Å². The topological polar surface area (TPSA) is 3.24 Å². The highest BCUT2D eigenvalue weighted by molar-refractivity contribution is 6.18. The van der Waals surface area contributed by atoms with Crippen LogP contribution in [-0.2, 0) is 0 Å². The highest BCUT2D eigenvalue weighted by atomic mass is 35.5. The molecule has 0 radical (unpaired) electrons. The second-order valence-electron chi connectivity index (χ2n) is 4.44. The number of rotatable bonds is 2. The molecule has 0 amide bonds. The summed E-state index contributed by atoms with van der Waals surface area (Å²) in [5.74, 6) is 0.758. The molecule has 1 saturated heterocycles. The zero-order valence-electron chi connectivity index (χ0n) is 8.85. The monoisotopic (exact) mass is 225 g/mol. The molecule has 0 saturated carbocycles. The van der Waals surface area contributed by atoms with Crippen molar-refractivity contribution in [1.82, 2.24) is 4.90 Å². The SMILES string of the molecule is CC1CCCC(C)(C)N1CCCl.Cl. The molecule has 1 unspecified atom stereocenters. The lowest BCUT2D eigenvalue weighted by Gasteiger charge is -2.46. The van der Waals surface area contributed by atoms with E-state index in [9.17, 15) is 0 Å². The van der Waals surface area contributed by atoms with Gasteiger partial charge in [0.2, 0.25) is 0 Å². The molecule has 0 N–H and O–H groups in total. The maximum Gasteiger partial charge on any atom is 0.0351 e. The standard InChI is InChI=1S/C10H20ClN.ClH/c1-9-5-4-6-10(2,3)12(9)8-7-11;/h9H,4-8H2,1-3H3;1H. The average Bonchev–Trinajstić information content (AvgIpc) is 1.97. The third-order valence-electron chi connectivity index (χ3n) is 3.05. The van der Waals surface area contributed by atoms with Crippen molar-refractivity contribution in [2.45, 2.75) is 51.6 Å². The average molecular weight is 226 g/mol. The van der Waals surface area contributed by atoms with Crippen LogP contribution < -0.4 is 0 Å². The normalized spacial score (nSPS) is 28.2. The summed E-state index contributed by atoms with van der Waals surface area (Å²) in [5, 5.41) is 0. The smallest absolute Gasteiger partial charge is 0.0351 e. The Labute approximate surface area is 93.2 Å². The fraction of sp³-hybridized carbons (Fsp3) is 1.00. The predicted octanol–water partition coefficient (Wildman–Crippen LogP) is 3.30.